The van der Waals surface area contributed by atoms with Crippen molar-refractivity contribution in [3.63, 3.8) is 0 Å². The third-order valence-corrected chi connectivity index (χ3v) is 4.98. The lowest BCUT2D eigenvalue weighted by Crippen LogP contribution is -2.04. The van der Waals surface area contributed by atoms with E-state index in [-0.39, 0.29) is 5.75 Å². The number of rotatable bonds is 3. The molecule has 0 aliphatic heterocycles. The van der Waals surface area contributed by atoms with Gasteiger partial charge in [-0.2, -0.15) is 0 Å². The topological polar surface area (TPSA) is 71.4 Å². The van der Waals surface area contributed by atoms with Crippen LogP contribution in [-0.2, 0) is 20.4 Å². The molecule has 0 unspecified atom stereocenters. The minimum Gasteiger partial charge on any atom is -0.481 e. The van der Waals surface area contributed by atoms with Crippen molar-refractivity contribution in [3.8, 4) is 0 Å². The fourth-order valence-electron chi connectivity index (χ4n) is 2.26. The van der Waals surface area contributed by atoms with Gasteiger partial charge < -0.3 is 5.11 Å². The normalized spacial score (nSPS) is 10.7. The third kappa shape index (κ3) is 4.93. The van der Waals surface area contributed by atoms with Gasteiger partial charge in [0, 0.05) is 6.92 Å². The Balaban J connectivity index is 0.000000471. The van der Waals surface area contributed by atoms with Crippen LogP contribution in [0.25, 0.3) is 10.8 Å². The summed E-state index contributed by atoms with van der Waals surface area (Å²) in [6.45, 7) is 1.08. The second-order valence-electron chi connectivity index (χ2n) is 5.27. The summed E-state index contributed by atoms with van der Waals surface area (Å²) in [5.74, 6) is -0.804. The Labute approximate surface area is 141 Å². The van der Waals surface area contributed by atoms with E-state index in [0.717, 1.165) is 23.3 Å². The first-order valence-electron chi connectivity index (χ1n) is 7.33. The maximum Gasteiger partial charge on any atom is 0.300 e. The molecule has 124 valence electrons. The minimum absolute atomic E-state index is 0.0296. The molecule has 3 aromatic carbocycles. The molecule has 0 spiro atoms. The summed E-state index contributed by atoms with van der Waals surface area (Å²) in [6, 6.07) is 22.3. The highest BCUT2D eigenvalue weighted by atomic mass is 32.2. The summed E-state index contributed by atoms with van der Waals surface area (Å²) < 4.78 is 24.7. The van der Waals surface area contributed by atoms with Crippen molar-refractivity contribution < 1.29 is 18.3 Å². The average Bonchev–Trinajstić information content (AvgIpc) is 2.55. The summed E-state index contributed by atoms with van der Waals surface area (Å²) in [5.41, 5.74) is 0.813. The molecular formula is C19H18O4S. The molecule has 3 aromatic rings. The second-order valence-corrected chi connectivity index (χ2v) is 7.26. The molecule has 0 aliphatic carbocycles. The van der Waals surface area contributed by atoms with Crippen LogP contribution < -0.4 is 0 Å². The molecule has 0 aliphatic rings. The van der Waals surface area contributed by atoms with Crippen LogP contribution in [0.4, 0.5) is 0 Å². The Hall–Kier alpha value is -2.66. The van der Waals surface area contributed by atoms with Crippen molar-refractivity contribution in [2.24, 2.45) is 0 Å². The van der Waals surface area contributed by atoms with Crippen LogP contribution in [0, 0.1) is 0 Å². The summed E-state index contributed by atoms with van der Waals surface area (Å²) in [5, 5.41) is 9.60. The lowest BCUT2D eigenvalue weighted by molar-refractivity contribution is -0.134. The van der Waals surface area contributed by atoms with Gasteiger partial charge in [0.05, 0.1) is 10.6 Å². The Bertz CT molecular complexity index is 928. The standard InChI is InChI=1S/C17H14O2S.C2H4O2/c18-20(19,17-8-2-1-3-9-17)13-14-10-11-15-6-4-5-7-16(15)12-14;1-2(3)4/h1-12H,13H2;1H3,(H,3,4). The van der Waals surface area contributed by atoms with Crippen molar-refractivity contribution in [1.29, 1.82) is 0 Å². The molecule has 0 bridgehead atoms. The van der Waals surface area contributed by atoms with E-state index in [4.69, 9.17) is 9.90 Å². The minimum atomic E-state index is -3.28. The van der Waals surface area contributed by atoms with Crippen LogP contribution in [0.15, 0.2) is 77.7 Å². The van der Waals surface area contributed by atoms with Gasteiger partial charge in [-0.15, -0.1) is 0 Å². The molecule has 0 atom stereocenters. The summed E-state index contributed by atoms with van der Waals surface area (Å²) >= 11 is 0. The first-order chi connectivity index (χ1) is 11.4. The lowest BCUT2D eigenvalue weighted by Gasteiger charge is -2.06. The highest BCUT2D eigenvalue weighted by Crippen LogP contribution is 2.20. The van der Waals surface area contributed by atoms with Gasteiger partial charge in [0.1, 0.15) is 0 Å². The molecule has 0 amide bonds. The molecule has 5 heteroatoms. The predicted molar refractivity (Wildman–Crippen MR) is 94.6 cm³/mol. The van der Waals surface area contributed by atoms with Gasteiger partial charge in [0.2, 0.25) is 0 Å². The monoisotopic (exact) mass is 342 g/mol. The van der Waals surface area contributed by atoms with Crippen LogP contribution >= 0.6 is 0 Å². The van der Waals surface area contributed by atoms with Crippen molar-refractivity contribution in [3.05, 3.63) is 78.4 Å². The number of carboxylic acid groups (broad SMARTS) is 1. The van der Waals surface area contributed by atoms with Crippen LogP contribution in [-0.4, -0.2) is 19.5 Å². The molecule has 0 heterocycles. The molecule has 0 saturated heterocycles. The molecule has 0 aromatic heterocycles. The molecular weight excluding hydrogens is 324 g/mol. The van der Waals surface area contributed by atoms with E-state index in [1.807, 2.05) is 48.5 Å². The van der Waals surface area contributed by atoms with Crippen molar-refractivity contribution >= 4 is 26.6 Å². The maximum atomic E-state index is 12.3. The van der Waals surface area contributed by atoms with Crippen LogP contribution in [0.2, 0.25) is 0 Å². The fourth-order valence-corrected chi connectivity index (χ4v) is 3.62. The predicted octanol–water partition coefficient (Wildman–Crippen LogP) is 3.90. The highest BCUT2D eigenvalue weighted by molar-refractivity contribution is 7.90. The number of hydrogen-bond donors (Lipinski definition) is 1. The number of benzene rings is 3. The molecule has 1 N–H and O–H groups in total. The number of fused-ring (bicyclic) bond motifs is 1. The summed E-state index contributed by atoms with van der Waals surface area (Å²) in [4.78, 5) is 9.37. The van der Waals surface area contributed by atoms with Crippen LogP contribution in [0.1, 0.15) is 12.5 Å². The van der Waals surface area contributed by atoms with Gasteiger partial charge in [0.25, 0.3) is 5.97 Å². The third-order valence-electron chi connectivity index (χ3n) is 3.27. The molecule has 0 saturated carbocycles. The SMILES string of the molecule is CC(=O)O.O=S(=O)(Cc1ccc2ccccc2c1)c1ccccc1. The molecule has 0 fully saturated rings. The zero-order chi connectivity index (χ0) is 17.6. The first kappa shape index (κ1) is 17.7. The quantitative estimate of drug-likeness (QED) is 0.783. The van der Waals surface area contributed by atoms with Gasteiger partial charge >= 0.3 is 0 Å². The van der Waals surface area contributed by atoms with E-state index in [2.05, 4.69) is 0 Å². The van der Waals surface area contributed by atoms with Crippen LogP contribution in [0.3, 0.4) is 0 Å². The van der Waals surface area contributed by atoms with E-state index >= 15 is 0 Å². The molecule has 3 rings (SSSR count). The fraction of sp³-hybridized carbons (Fsp3) is 0.105. The Morgan fingerprint density at radius 1 is 0.875 bits per heavy atom. The largest absolute Gasteiger partial charge is 0.481 e. The zero-order valence-electron chi connectivity index (χ0n) is 13.2. The number of carboxylic acids is 1. The summed E-state index contributed by atoms with van der Waals surface area (Å²) in [7, 11) is -3.28. The van der Waals surface area contributed by atoms with Crippen molar-refractivity contribution in [2.75, 3.05) is 0 Å². The number of sulfone groups is 1. The Kier molecular flexibility index (Phi) is 5.71. The second kappa shape index (κ2) is 7.75. The van der Waals surface area contributed by atoms with Crippen molar-refractivity contribution in [1.82, 2.24) is 0 Å². The molecule has 0 radical (unpaired) electrons. The van der Waals surface area contributed by atoms with Gasteiger partial charge in [-0.1, -0.05) is 60.7 Å². The van der Waals surface area contributed by atoms with Gasteiger partial charge in [-0.3, -0.25) is 4.79 Å². The highest BCUT2D eigenvalue weighted by Gasteiger charge is 2.14. The maximum absolute atomic E-state index is 12.3. The smallest absolute Gasteiger partial charge is 0.300 e. The van der Waals surface area contributed by atoms with Gasteiger partial charge in [-0.05, 0) is 28.5 Å². The number of carbonyl (C=O) groups is 1. The Morgan fingerprint density at radius 2 is 1.42 bits per heavy atom. The summed E-state index contributed by atoms with van der Waals surface area (Å²) in [6.07, 6.45) is 0. The van der Waals surface area contributed by atoms with E-state index < -0.39 is 15.8 Å². The molecule has 24 heavy (non-hydrogen) atoms. The van der Waals surface area contributed by atoms with Crippen molar-refractivity contribution in [2.45, 2.75) is 17.6 Å². The van der Waals surface area contributed by atoms with E-state index in [0.29, 0.717) is 4.90 Å². The zero-order valence-corrected chi connectivity index (χ0v) is 14.0. The Morgan fingerprint density at radius 3 is 2.04 bits per heavy atom. The first-order valence-corrected chi connectivity index (χ1v) is 8.99. The van der Waals surface area contributed by atoms with E-state index in [1.165, 1.54) is 0 Å². The average molecular weight is 342 g/mol. The lowest BCUT2D eigenvalue weighted by atomic mass is 10.1. The number of hydrogen-bond acceptors (Lipinski definition) is 3. The number of aliphatic carboxylic acids is 1. The molecule has 4 nitrogen and oxygen atoms in total. The van der Waals surface area contributed by atoms with Gasteiger partial charge in [-0.25, -0.2) is 8.42 Å². The van der Waals surface area contributed by atoms with E-state index in [1.54, 1.807) is 24.3 Å². The van der Waals surface area contributed by atoms with E-state index in [9.17, 15) is 8.42 Å². The van der Waals surface area contributed by atoms with Crippen LogP contribution in [0.5, 0.6) is 0 Å². The van der Waals surface area contributed by atoms with Gasteiger partial charge in [0.15, 0.2) is 9.84 Å².